The predicted octanol–water partition coefficient (Wildman–Crippen LogP) is 1.67. The quantitative estimate of drug-likeness (QED) is 0.411. The van der Waals surface area contributed by atoms with Gasteiger partial charge in [-0.2, -0.15) is 0 Å². The molecule has 18 heavy (non-hydrogen) atoms. The van der Waals surface area contributed by atoms with Crippen LogP contribution in [-0.2, 0) is 4.74 Å². The van der Waals surface area contributed by atoms with Crippen LogP contribution in [0, 0.1) is 0 Å². The molecular formula is C14H19NO3. The van der Waals surface area contributed by atoms with Gasteiger partial charge < -0.3 is 14.8 Å². The van der Waals surface area contributed by atoms with E-state index in [0.29, 0.717) is 31.1 Å². The normalized spacial score (nSPS) is 10.1. The van der Waals surface area contributed by atoms with Crippen LogP contribution in [0.5, 0.6) is 5.75 Å². The zero-order chi connectivity index (χ0) is 13.2. The highest BCUT2D eigenvalue weighted by atomic mass is 16.5. The lowest BCUT2D eigenvalue weighted by atomic mass is 10.1. The van der Waals surface area contributed by atoms with Gasteiger partial charge in [0.05, 0.1) is 18.7 Å². The second-order valence-electron chi connectivity index (χ2n) is 3.68. The third-order valence-electron chi connectivity index (χ3n) is 2.31. The summed E-state index contributed by atoms with van der Waals surface area (Å²) in [5, 5.41) is 2.98. The number of ketones is 1. The van der Waals surface area contributed by atoms with Crippen LogP contribution < -0.4 is 10.1 Å². The van der Waals surface area contributed by atoms with Crippen molar-refractivity contribution in [2.24, 2.45) is 0 Å². The smallest absolute Gasteiger partial charge is 0.180 e. The van der Waals surface area contributed by atoms with E-state index < -0.39 is 0 Å². The molecule has 0 heterocycles. The van der Waals surface area contributed by atoms with Gasteiger partial charge in [0.15, 0.2) is 5.78 Å². The van der Waals surface area contributed by atoms with Gasteiger partial charge in [-0.25, -0.2) is 0 Å². The molecule has 0 saturated carbocycles. The zero-order valence-electron chi connectivity index (χ0n) is 10.6. The summed E-state index contributed by atoms with van der Waals surface area (Å²) < 4.78 is 10.4. The molecule has 0 amide bonds. The number of nitrogens with one attached hydrogen (secondary N) is 1. The van der Waals surface area contributed by atoms with Crippen molar-refractivity contribution in [3.05, 3.63) is 42.5 Å². The Hall–Kier alpha value is -1.65. The van der Waals surface area contributed by atoms with Crippen molar-refractivity contribution in [2.75, 3.05) is 33.4 Å². The first-order chi connectivity index (χ1) is 8.79. The van der Waals surface area contributed by atoms with Gasteiger partial charge >= 0.3 is 0 Å². The highest BCUT2D eigenvalue weighted by Gasteiger charge is 2.11. The molecular weight excluding hydrogens is 230 g/mol. The summed E-state index contributed by atoms with van der Waals surface area (Å²) >= 11 is 0. The van der Waals surface area contributed by atoms with Gasteiger partial charge in [-0.1, -0.05) is 18.2 Å². The van der Waals surface area contributed by atoms with Crippen LogP contribution >= 0.6 is 0 Å². The molecule has 1 N–H and O–H groups in total. The monoisotopic (exact) mass is 249 g/mol. The standard InChI is InChI=1S/C14H19NO3/c1-3-8-15-11-13(16)12-6-4-5-7-14(12)18-10-9-17-2/h3-7,15H,1,8-11H2,2H3. The Balaban J connectivity index is 2.62. The molecule has 0 bridgehead atoms. The molecule has 0 radical (unpaired) electrons. The summed E-state index contributed by atoms with van der Waals surface area (Å²) in [4.78, 5) is 12.0. The van der Waals surface area contributed by atoms with E-state index in [2.05, 4.69) is 11.9 Å². The number of hydrogen-bond acceptors (Lipinski definition) is 4. The first-order valence-corrected chi connectivity index (χ1v) is 5.85. The van der Waals surface area contributed by atoms with E-state index in [9.17, 15) is 4.79 Å². The highest BCUT2D eigenvalue weighted by molar-refractivity contribution is 6.00. The van der Waals surface area contributed by atoms with Crippen LogP contribution in [0.1, 0.15) is 10.4 Å². The van der Waals surface area contributed by atoms with E-state index in [0.717, 1.165) is 0 Å². The lowest BCUT2D eigenvalue weighted by molar-refractivity contribution is 0.0984. The van der Waals surface area contributed by atoms with Crippen molar-refractivity contribution in [1.82, 2.24) is 5.32 Å². The molecule has 4 nitrogen and oxygen atoms in total. The number of para-hydroxylation sites is 1. The van der Waals surface area contributed by atoms with E-state index in [4.69, 9.17) is 9.47 Å². The number of carbonyl (C=O) groups excluding carboxylic acids is 1. The number of hydrogen-bond donors (Lipinski definition) is 1. The van der Waals surface area contributed by atoms with Crippen molar-refractivity contribution in [2.45, 2.75) is 0 Å². The maximum atomic E-state index is 12.0. The minimum Gasteiger partial charge on any atom is -0.490 e. The van der Waals surface area contributed by atoms with E-state index in [1.165, 1.54) is 0 Å². The molecule has 1 aromatic rings. The average molecular weight is 249 g/mol. The molecule has 0 spiro atoms. The molecule has 0 atom stereocenters. The van der Waals surface area contributed by atoms with Gasteiger partial charge in [-0.15, -0.1) is 6.58 Å². The van der Waals surface area contributed by atoms with Gasteiger partial charge in [0.2, 0.25) is 0 Å². The second kappa shape index (κ2) is 8.44. The lowest BCUT2D eigenvalue weighted by Crippen LogP contribution is -2.23. The van der Waals surface area contributed by atoms with Gasteiger partial charge in [0, 0.05) is 13.7 Å². The number of methoxy groups -OCH3 is 1. The lowest BCUT2D eigenvalue weighted by Gasteiger charge is -2.10. The SMILES string of the molecule is C=CCNCC(=O)c1ccccc1OCCOC. The summed E-state index contributed by atoms with van der Waals surface area (Å²) in [6.45, 7) is 5.40. The van der Waals surface area contributed by atoms with E-state index in [1.807, 2.05) is 12.1 Å². The second-order valence-corrected chi connectivity index (χ2v) is 3.68. The molecule has 1 rings (SSSR count). The molecule has 0 unspecified atom stereocenters. The Morgan fingerprint density at radius 3 is 2.89 bits per heavy atom. The molecule has 1 aromatic carbocycles. The summed E-state index contributed by atoms with van der Waals surface area (Å²) in [6.07, 6.45) is 1.72. The van der Waals surface area contributed by atoms with E-state index >= 15 is 0 Å². The summed E-state index contributed by atoms with van der Waals surface area (Å²) in [5.41, 5.74) is 0.588. The Kier molecular flexibility index (Phi) is 6.76. The first-order valence-electron chi connectivity index (χ1n) is 5.85. The fourth-order valence-corrected chi connectivity index (χ4v) is 1.44. The third-order valence-corrected chi connectivity index (χ3v) is 2.31. The first kappa shape index (κ1) is 14.4. The van der Waals surface area contributed by atoms with E-state index in [-0.39, 0.29) is 12.3 Å². The van der Waals surface area contributed by atoms with Crippen LogP contribution in [-0.4, -0.2) is 39.2 Å². The Morgan fingerprint density at radius 2 is 2.17 bits per heavy atom. The molecule has 0 aromatic heterocycles. The minimum absolute atomic E-state index is 0.00451. The molecule has 0 aliphatic rings. The van der Waals surface area contributed by atoms with Crippen molar-refractivity contribution < 1.29 is 14.3 Å². The van der Waals surface area contributed by atoms with Crippen LogP contribution in [0.25, 0.3) is 0 Å². The van der Waals surface area contributed by atoms with Crippen molar-refractivity contribution in [3.63, 3.8) is 0 Å². The van der Waals surface area contributed by atoms with Crippen LogP contribution in [0.3, 0.4) is 0 Å². The number of Topliss-reactive ketones (excluding diaryl/α,β-unsaturated/α-hetero) is 1. The van der Waals surface area contributed by atoms with Crippen LogP contribution in [0.4, 0.5) is 0 Å². The molecule has 4 heteroatoms. The highest BCUT2D eigenvalue weighted by Crippen LogP contribution is 2.18. The van der Waals surface area contributed by atoms with Crippen LogP contribution in [0.2, 0.25) is 0 Å². The zero-order valence-corrected chi connectivity index (χ0v) is 10.6. The number of ether oxygens (including phenoxy) is 2. The van der Waals surface area contributed by atoms with Crippen molar-refractivity contribution in [1.29, 1.82) is 0 Å². The molecule has 0 aliphatic carbocycles. The van der Waals surface area contributed by atoms with Crippen LogP contribution in [0.15, 0.2) is 36.9 Å². The minimum atomic E-state index is 0.00451. The van der Waals surface area contributed by atoms with Crippen molar-refractivity contribution in [3.8, 4) is 5.75 Å². The van der Waals surface area contributed by atoms with Gasteiger partial charge in [-0.3, -0.25) is 4.79 Å². The molecule has 0 saturated heterocycles. The molecule has 0 aliphatic heterocycles. The molecule has 98 valence electrons. The number of carbonyl (C=O) groups is 1. The summed E-state index contributed by atoms with van der Waals surface area (Å²) in [7, 11) is 1.61. The Bertz CT molecular complexity index is 390. The fourth-order valence-electron chi connectivity index (χ4n) is 1.44. The average Bonchev–Trinajstić information content (AvgIpc) is 2.40. The van der Waals surface area contributed by atoms with Gasteiger partial charge in [0.1, 0.15) is 12.4 Å². The fraction of sp³-hybridized carbons (Fsp3) is 0.357. The predicted molar refractivity (Wildman–Crippen MR) is 71.2 cm³/mol. The van der Waals surface area contributed by atoms with Gasteiger partial charge in [0.25, 0.3) is 0 Å². The number of benzene rings is 1. The summed E-state index contributed by atoms with van der Waals surface area (Å²) in [6, 6.07) is 7.22. The third kappa shape index (κ3) is 4.69. The number of rotatable bonds is 9. The largest absolute Gasteiger partial charge is 0.490 e. The maximum Gasteiger partial charge on any atom is 0.180 e. The Morgan fingerprint density at radius 1 is 1.39 bits per heavy atom. The summed E-state index contributed by atoms with van der Waals surface area (Å²) in [5.74, 6) is 0.602. The Labute approximate surface area is 108 Å². The van der Waals surface area contributed by atoms with Crippen molar-refractivity contribution >= 4 is 5.78 Å². The maximum absolute atomic E-state index is 12.0. The van der Waals surface area contributed by atoms with E-state index in [1.54, 1.807) is 25.3 Å². The topological polar surface area (TPSA) is 47.6 Å². The van der Waals surface area contributed by atoms with Gasteiger partial charge in [-0.05, 0) is 12.1 Å². The molecule has 0 fully saturated rings.